The Morgan fingerprint density at radius 2 is 1.76 bits per heavy atom. The molecule has 0 aliphatic carbocycles. The molecule has 0 heterocycles. The molecule has 140 valence electrons. The van der Waals surface area contributed by atoms with Crippen LogP contribution in [-0.2, 0) is 31.1 Å². The van der Waals surface area contributed by atoms with Crippen LogP contribution in [0.3, 0.4) is 0 Å². The third-order valence-corrected chi connectivity index (χ3v) is 3.14. The normalized spacial score (nSPS) is 12.8. The van der Waals surface area contributed by atoms with E-state index >= 15 is 0 Å². The third kappa shape index (κ3) is 8.36. The van der Waals surface area contributed by atoms with E-state index in [1.54, 1.807) is 20.8 Å². The summed E-state index contributed by atoms with van der Waals surface area (Å²) in [6.45, 7) is 5.06. The number of amides is 1. The van der Waals surface area contributed by atoms with E-state index in [-0.39, 0.29) is 12.2 Å². The maximum atomic E-state index is 11.8. The Hall–Kier alpha value is -2.33. The summed E-state index contributed by atoms with van der Waals surface area (Å²) in [7, 11) is -3.42. The first-order valence-electron chi connectivity index (χ1n) is 7.23. The van der Waals surface area contributed by atoms with Gasteiger partial charge in [0.1, 0.15) is 17.4 Å². The molecule has 0 saturated heterocycles. The zero-order valence-electron chi connectivity index (χ0n) is 14.3. The Morgan fingerprint density at radius 3 is 2.20 bits per heavy atom. The van der Waals surface area contributed by atoms with Crippen molar-refractivity contribution in [1.82, 2.24) is 5.32 Å². The average Bonchev–Trinajstić information content (AvgIpc) is 2.44. The van der Waals surface area contributed by atoms with Gasteiger partial charge >= 0.3 is 22.5 Å². The number of carbonyl (C=O) groups excluding carboxylic acids is 2. The van der Waals surface area contributed by atoms with Crippen molar-refractivity contribution in [2.75, 3.05) is 7.11 Å². The maximum absolute atomic E-state index is 11.8. The lowest BCUT2D eigenvalue weighted by molar-refractivity contribution is -0.143. The zero-order chi connectivity index (χ0) is 19.3. The molecule has 0 unspecified atom stereocenters. The Balaban J connectivity index is 2.81. The van der Waals surface area contributed by atoms with E-state index in [4.69, 9.17) is 9.29 Å². The van der Waals surface area contributed by atoms with Gasteiger partial charge in [-0.2, -0.15) is 8.42 Å². The van der Waals surface area contributed by atoms with Gasteiger partial charge in [0, 0.05) is 6.42 Å². The highest BCUT2D eigenvalue weighted by Crippen LogP contribution is 2.15. The predicted octanol–water partition coefficient (Wildman–Crippen LogP) is 1.48. The molecule has 0 saturated carbocycles. The van der Waals surface area contributed by atoms with Crippen LogP contribution in [-0.4, -0.2) is 43.8 Å². The van der Waals surface area contributed by atoms with E-state index in [1.807, 2.05) is 0 Å². The molecule has 1 aromatic carbocycles. The second-order valence-corrected chi connectivity index (χ2v) is 7.10. The van der Waals surface area contributed by atoms with Crippen molar-refractivity contribution in [1.29, 1.82) is 0 Å². The molecular formula is C15H21NO8S. The highest BCUT2D eigenvalue weighted by atomic mass is 32.3. The quantitative estimate of drug-likeness (QED) is 0.565. The largest absolute Gasteiger partial charge is 0.467 e. The molecular weight excluding hydrogens is 354 g/mol. The summed E-state index contributed by atoms with van der Waals surface area (Å²) < 4.78 is 43.9. The van der Waals surface area contributed by atoms with Crippen LogP contribution in [0.25, 0.3) is 0 Å². The molecule has 25 heavy (non-hydrogen) atoms. The molecule has 1 rings (SSSR count). The van der Waals surface area contributed by atoms with Crippen molar-refractivity contribution in [3.05, 3.63) is 29.8 Å². The fourth-order valence-corrected chi connectivity index (χ4v) is 2.18. The lowest BCUT2D eigenvalue weighted by Crippen LogP contribution is -2.45. The molecule has 9 nitrogen and oxygen atoms in total. The summed E-state index contributed by atoms with van der Waals surface area (Å²) in [4.78, 5) is 23.7. The first-order valence-corrected chi connectivity index (χ1v) is 8.59. The maximum Gasteiger partial charge on any atom is 0.446 e. The third-order valence-electron chi connectivity index (χ3n) is 2.74. The molecule has 2 N–H and O–H groups in total. The summed E-state index contributed by atoms with van der Waals surface area (Å²) in [5, 5.41) is 2.42. The predicted molar refractivity (Wildman–Crippen MR) is 87.5 cm³/mol. The van der Waals surface area contributed by atoms with E-state index in [0.717, 1.165) is 0 Å². The lowest BCUT2D eigenvalue weighted by Gasteiger charge is -2.22. The van der Waals surface area contributed by atoms with Gasteiger partial charge in [0.25, 0.3) is 0 Å². The summed E-state index contributed by atoms with van der Waals surface area (Å²) >= 11 is 0. The van der Waals surface area contributed by atoms with Crippen molar-refractivity contribution >= 4 is 22.5 Å². The Morgan fingerprint density at radius 1 is 1.20 bits per heavy atom. The highest BCUT2D eigenvalue weighted by Gasteiger charge is 2.25. The van der Waals surface area contributed by atoms with Crippen LogP contribution in [0, 0.1) is 0 Å². The van der Waals surface area contributed by atoms with Gasteiger partial charge in [-0.15, -0.1) is 0 Å². The number of benzene rings is 1. The fourth-order valence-electron chi connectivity index (χ4n) is 1.82. The number of esters is 1. The topological polar surface area (TPSA) is 128 Å². The smallest absolute Gasteiger partial charge is 0.446 e. The molecule has 0 aliphatic heterocycles. The van der Waals surface area contributed by atoms with Gasteiger partial charge in [-0.3, -0.25) is 4.55 Å². The van der Waals surface area contributed by atoms with Gasteiger partial charge in [-0.05, 0) is 38.5 Å². The van der Waals surface area contributed by atoms with Crippen molar-refractivity contribution < 1.29 is 36.2 Å². The van der Waals surface area contributed by atoms with Crippen LogP contribution in [0.1, 0.15) is 26.3 Å². The first-order chi connectivity index (χ1) is 11.4. The standard InChI is InChI=1S/C15H21NO8S/c1-15(2,3)23-14(18)16-12(13(17)22-4)9-10-5-7-11(8-6-10)24-25(19,20)21/h5-8,12H,9H2,1-4H3,(H,16,18)(H,19,20,21)/t12-/m0/s1. The first kappa shape index (κ1) is 20.7. The number of carbonyl (C=O) groups is 2. The fraction of sp³-hybridized carbons (Fsp3) is 0.467. The monoisotopic (exact) mass is 375 g/mol. The van der Waals surface area contributed by atoms with Crippen LogP contribution in [0.4, 0.5) is 4.79 Å². The summed E-state index contributed by atoms with van der Waals surface area (Å²) in [6, 6.07) is 4.56. The number of nitrogens with one attached hydrogen (secondary N) is 1. The van der Waals surface area contributed by atoms with E-state index in [9.17, 15) is 18.0 Å². The van der Waals surface area contributed by atoms with E-state index in [0.29, 0.717) is 5.56 Å². The minimum absolute atomic E-state index is 0.0814. The summed E-state index contributed by atoms with van der Waals surface area (Å²) in [6.07, 6.45) is -0.688. The Labute approximate surface area is 146 Å². The molecule has 0 aliphatic rings. The van der Waals surface area contributed by atoms with Crippen LogP contribution in [0.15, 0.2) is 24.3 Å². The molecule has 10 heteroatoms. The number of alkyl carbamates (subject to hydrolysis) is 1. The number of methoxy groups -OCH3 is 1. The van der Waals surface area contributed by atoms with E-state index in [1.165, 1.54) is 31.4 Å². The molecule has 0 fully saturated rings. The molecule has 1 atom stereocenters. The van der Waals surface area contributed by atoms with Gasteiger partial charge in [-0.1, -0.05) is 12.1 Å². The Bertz CT molecular complexity index is 706. The second kappa shape index (κ2) is 8.17. The second-order valence-electron chi connectivity index (χ2n) is 6.08. The minimum atomic E-state index is -4.61. The lowest BCUT2D eigenvalue weighted by atomic mass is 10.1. The van der Waals surface area contributed by atoms with Crippen LogP contribution in [0.5, 0.6) is 5.75 Å². The highest BCUT2D eigenvalue weighted by molar-refractivity contribution is 7.81. The molecule has 0 bridgehead atoms. The molecule has 0 spiro atoms. The van der Waals surface area contributed by atoms with Gasteiger partial charge in [-0.25, -0.2) is 9.59 Å². The van der Waals surface area contributed by atoms with E-state index < -0.39 is 34.1 Å². The van der Waals surface area contributed by atoms with Crippen molar-refractivity contribution in [2.45, 2.75) is 38.8 Å². The van der Waals surface area contributed by atoms with Gasteiger partial charge in [0.2, 0.25) is 0 Å². The number of hydrogen-bond acceptors (Lipinski definition) is 7. The Kier molecular flexibility index (Phi) is 6.77. The molecule has 0 aromatic heterocycles. The number of rotatable bonds is 6. The van der Waals surface area contributed by atoms with Crippen molar-refractivity contribution in [2.24, 2.45) is 0 Å². The van der Waals surface area contributed by atoms with Crippen LogP contribution < -0.4 is 9.50 Å². The number of ether oxygens (including phenoxy) is 2. The average molecular weight is 375 g/mol. The molecule has 0 radical (unpaired) electrons. The SMILES string of the molecule is COC(=O)[C@H](Cc1ccc(OS(=O)(=O)O)cc1)NC(=O)OC(C)(C)C. The van der Waals surface area contributed by atoms with Gasteiger partial charge in [0.15, 0.2) is 0 Å². The van der Waals surface area contributed by atoms with Crippen LogP contribution in [0.2, 0.25) is 0 Å². The molecule has 1 aromatic rings. The van der Waals surface area contributed by atoms with E-state index in [2.05, 4.69) is 14.2 Å². The van der Waals surface area contributed by atoms with Crippen molar-refractivity contribution in [3.63, 3.8) is 0 Å². The number of hydrogen-bond donors (Lipinski definition) is 2. The molecule has 1 amide bonds. The van der Waals surface area contributed by atoms with Gasteiger partial charge < -0.3 is 19.0 Å². The summed E-state index contributed by atoms with van der Waals surface area (Å²) in [5.41, 5.74) is -0.131. The van der Waals surface area contributed by atoms with Crippen LogP contribution >= 0.6 is 0 Å². The minimum Gasteiger partial charge on any atom is -0.467 e. The summed E-state index contributed by atoms with van der Waals surface area (Å²) in [5.74, 6) is -0.759. The zero-order valence-corrected chi connectivity index (χ0v) is 15.1. The van der Waals surface area contributed by atoms with Gasteiger partial charge in [0.05, 0.1) is 7.11 Å². The van der Waals surface area contributed by atoms with Crippen molar-refractivity contribution in [3.8, 4) is 5.75 Å².